The Morgan fingerprint density at radius 3 is 2.67 bits per heavy atom. The van der Waals surface area contributed by atoms with Crippen LogP contribution in [0.5, 0.6) is 0 Å². The maximum Gasteiger partial charge on any atom is 0.235 e. The third kappa shape index (κ3) is 3.69. The summed E-state index contributed by atoms with van der Waals surface area (Å²) in [6.07, 6.45) is 6.21. The summed E-state index contributed by atoms with van der Waals surface area (Å²) >= 11 is 0. The standard InChI is InChI=1S/C8H15NO3/c10-8-9-6-4-2-1-3-5-7-11-12-9/h8H,1-7H2. The Balaban J connectivity index is 2.21. The molecule has 1 heterocycles. The average Bonchev–Trinajstić information content (AvgIpc) is 2.14. The zero-order valence-corrected chi connectivity index (χ0v) is 7.20. The fourth-order valence-corrected chi connectivity index (χ4v) is 1.17. The van der Waals surface area contributed by atoms with Gasteiger partial charge in [-0.1, -0.05) is 19.3 Å². The minimum atomic E-state index is 0.574. The summed E-state index contributed by atoms with van der Waals surface area (Å²) in [6.45, 7) is 1.20. The summed E-state index contributed by atoms with van der Waals surface area (Å²) in [6, 6.07) is 0. The molecule has 0 spiro atoms. The van der Waals surface area contributed by atoms with Crippen LogP contribution in [0.1, 0.15) is 32.1 Å². The second kappa shape index (κ2) is 5.97. The van der Waals surface area contributed by atoms with Gasteiger partial charge in [0.05, 0.1) is 13.2 Å². The van der Waals surface area contributed by atoms with Crippen molar-refractivity contribution in [3.63, 3.8) is 0 Å². The SMILES string of the molecule is O=CN1CCCCCCCOO1. The topological polar surface area (TPSA) is 38.8 Å². The molecule has 0 aromatic heterocycles. The van der Waals surface area contributed by atoms with Crippen LogP contribution in [0, 0.1) is 0 Å². The maximum absolute atomic E-state index is 10.3. The lowest BCUT2D eigenvalue weighted by Gasteiger charge is -2.16. The minimum absolute atomic E-state index is 0.574. The lowest BCUT2D eigenvalue weighted by molar-refractivity contribution is -0.407. The third-order valence-electron chi connectivity index (χ3n) is 1.87. The first-order valence-corrected chi connectivity index (χ1v) is 4.45. The number of rotatable bonds is 1. The predicted molar refractivity (Wildman–Crippen MR) is 42.9 cm³/mol. The van der Waals surface area contributed by atoms with Gasteiger partial charge in [0, 0.05) is 0 Å². The second-order valence-electron chi connectivity index (χ2n) is 2.91. The Morgan fingerprint density at radius 1 is 1.08 bits per heavy atom. The van der Waals surface area contributed by atoms with Gasteiger partial charge in [-0.2, -0.15) is 5.06 Å². The van der Waals surface area contributed by atoms with Crippen LogP contribution in [0.15, 0.2) is 0 Å². The van der Waals surface area contributed by atoms with Crippen molar-refractivity contribution in [1.29, 1.82) is 0 Å². The lowest BCUT2D eigenvalue weighted by Crippen LogP contribution is -2.24. The summed E-state index contributed by atoms with van der Waals surface area (Å²) < 4.78 is 0. The minimum Gasteiger partial charge on any atom is -0.276 e. The molecule has 1 amide bonds. The van der Waals surface area contributed by atoms with Crippen LogP contribution < -0.4 is 0 Å². The molecule has 70 valence electrons. The molecule has 0 aliphatic carbocycles. The van der Waals surface area contributed by atoms with E-state index in [1.807, 2.05) is 0 Å². The van der Waals surface area contributed by atoms with Crippen LogP contribution in [-0.2, 0) is 14.7 Å². The van der Waals surface area contributed by atoms with Crippen LogP contribution in [-0.4, -0.2) is 24.6 Å². The van der Waals surface area contributed by atoms with Crippen molar-refractivity contribution in [2.45, 2.75) is 32.1 Å². The normalized spacial score (nSPS) is 21.8. The maximum atomic E-state index is 10.3. The monoisotopic (exact) mass is 173 g/mol. The largest absolute Gasteiger partial charge is 0.276 e. The molecule has 1 fully saturated rings. The molecule has 12 heavy (non-hydrogen) atoms. The fraction of sp³-hybridized carbons (Fsp3) is 0.875. The zero-order valence-electron chi connectivity index (χ0n) is 7.20. The molecule has 4 nitrogen and oxygen atoms in total. The zero-order chi connectivity index (χ0) is 8.65. The molecule has 1 aliphatic rings. The van der Waals surface area contributed by atoms with Gasteiger partial charge in [-0.05, 0) is 12.8 Å². The van der Waals surface area contributed by atoms with E-state index in [9.17, 15) is 4.79 Å². The van der Waals surface area contributed by atoms with Gasteiger partial charge in [0.25, 0.3) is 0 Å². The van der Waals surface area contributed by atoms with Gasteiger partial charge in [0.2, 0.25) is 6.41 Å². The highest BCUT2D eigenvalue weighted by Crippen LogP contribution is 2.06. The van der Waals surface area contributed by atoms with Crippen molar-refractivity contribution in [2.75, 3.05) is 13.2 Å². The van der Waals surface area contributed by atoms with Crippen LogP contribution in [0.3, 0.4) is 0 Å². The Labute approximate surface area is 72.3 Å². The first-order chi connectivity index (χ1) is 5.93. The van der Waals surface area contributed by atoms with Gasteiger partial charge in [-0.3, -0.25) is 4.79 Å². The summed E-state index contributed by atoms with van der Waals surface area (Å²) in [5, 5.41) is 1.20. The quantitative estimate of drug-likeness (QED) is 0.443. The number of amides is 1. The number of carbonyl (C=O) groups excluding carboxylic acids is 1. The van der Waals surface area contributed by atoms with E-state index in [1.54, 1.807) is 0 Å². The van der Waals surface area contributed by atoms with Crippen LogP contribution in [0.4, 0.5) is 0 Å². The predicted octanol–water partition coefficient (Wildman–Crippen LogP) is 1.27. The van der Waals surface area contributed by atoms with Crippen LogP contribution in [0.25, 0.3) is 0 Å². The third-order valence-corrected chi connectivity index (χ3v) is 1.87. The first kappa shape index (κ1) is 9.48. The van der Waals surface area contributed by atoms with Gasteiger partial charge < -0.3 is 0 Å². The molecule has 0 N–H and O–H groups in total. The van der Waals surface area contributed by atoms with E-state index < -0.39 is 0 Å². The summed E-state index contributed by atoms with van der Waals surface area (Å²) in [5.74, 6) is 0. The van der Waals surface area contributed by atoms with Crippen molar-refractivity contribution in [1.82, 2.24) is 5.06 Å². The molecule has 0 bridgehead atoms. The van der Waals surface area contributed by atoms with Crippen molar-refractivity contribution >= 4 is 6.41 Å². The van der Waals surface area contributed by atoms with Gasteiger partial charge >= 0.3 is 0 Å². The molecule has 0 radical (unpaired) electrons. The van der Waals surface area contributed by atoms with E-state index in [-0.39, 0.29) is 0 Å². The molecule has 1 saturated heterocycles. The van der Waals surface area contributed by atoms with Crippen molar-refractivity contribution in [2.24, 2.45) is 0 Å². The lowest BCUT2D eigenvalue weighted by atomic mass is 10.1. The molecule has 1 rings (SSSR count). The first-order valence-electron chi connectivity index (χ1n) is 4.45. The van der Waals surface area contributed by atoms with Crippen molar-refractivity contribution < 1.29 is 14.7 Å². The Bertz CT molecular complexity index is 119. The van der Waals surface area contributed by atoms with E-state index in [0.29, 0.717) is 19.6 Å². The van der Waals surface area contributed by atoms with E-state index in [1.165, 1.54) is 17.9 Å². The highest BCUT2D eigenvalue weighted by Gasteiger charge is 2.04. The van der Waals surface area contributed by atoms with Crippen LogP contribution >= 0.6 is 0 Å². The Hall–Kier alpha value is -0.610. The number of nitrogens with zero attached hydrogens (tertiary/aromatic N) is 1. The average molecular weight is 173 g/mol. The molecule has 1 aliphatic heterocycles. The molecular weight excluding hydrogens is 158 g/mol. The fourth-order valence-electron chi connectivity index (χ4n) is 1.17. The number of hydrogen-bond donors (Lipinski definition) is 0. The Kier molecular flexibility index (Phi) is 4.71. The molecule has 0 atom stereocenters. The summed E-state index contributed by atoms with van der Waals surface area (Å²) in [5.41, 5.74) is 0. The van der Waals surface area contributed by atoms with Crippen molar-refractivity contribution in [3.05, 3.63) is 0 Å². The number of hydrogen-bond acceptors (Lipinski definition) is 3. The smallest absolute Gasteiger partial charge is 0.235 e. The molecule has 0 unspecified atom stereocenters. The summed E-state index contributed by atoms with van der Waals surface area (Å²) in [7, 11) is 0. The highest BCUT2D eigenvalue weighted by molar-refractivity contribution is 5.44. The molecular formula is C8H15NO3. The Morgan fingerprint density at radius 2 is 1.83 bits per heavy atom. The molecule has 0 saturated carbocycles. The van der Waals surface area contributed by atoms with Gasteiger partial charge in [0.15, 0.2) is 0 Å². The van der Waals surface area contributed by atoms with E-state index >= 15 is 0 Å². The van der Waals surface area contributed by atoms with Crippen molar-refractivity contribution in [3.8, 4) is 0 Å². The van der Waals surface area contributed by atoms with Gasteiger partial charge in [-0.15, -0.1) is 4.99 Å². The van der Waals surface area contributed by atoms with E-state index in [2.05, 4.69) is 0 Å². The number of hydroxylamine groups is 2. The molecule has 0 aromatic carbocycles. The van der Waals surface area contributed by atoms with Crippen LogP contribution in [0.2, 0.25) is 0 Å². The molecule has 0 aromatic rings. The second-order valence-corrected chi connectivity index (χ2v) is 2.91. The molecule has 4 heteroatoms. The van der Waals surface area contributed by atoms with Gasteiger partial charge in [-0.25, -0.2) is 4.89 Å². The highest BCUT2D eigenvalue weighted by atomic mass is 17.3. The van der Waals surface area contributed by atoms with Gasteiger partial charge in [0.1, 0.15) is 0 Å². The van der Waals surface area contributed by atoms with E-state index in [0.717, 1.165) is 19.3 Å². The van der Waals surface area contributed by atoms with E-state index in [4.69, 9.17) is 9.88 Å². The number of carbonyl (C=O) groups is 1. The summed E-state index contributed by atoms with van der Waals surface area (Å²) in [4.78, 5) is 19.9.